The van der Waals surface area contributed by atoms with Gasteiger partial charge in [0.2, 0.25) is 0 Å². The van der Waals surface area contributed by atoms with Gasteiger partial charge in [-0.1, -0.05) is 41.5 Å². The molecule has 0 bridgehead atoms. The highest BCUT2D eigenvalue weighted by molar-refractivity contribution is 6.73. The lowest BCUT2D eigenvalue weighted by Gasteiger charge is -2.58. The molecule has 5 atom stereocenters. The lowest BCUT2D eigenvalue weighted by molar-refractivity contribution is -0.355. The fourth-order valence-electron chi connectivity index (χ4n) is 4.63. The Morgan fingerprint density at radius 3 is 2.17 bits per heavy atom. The second kappa shape index (κ2) is 5.74. The summed E-state index contributed by atoms with van der Waals surface area (Å²) in [5, 5.41) is 21.1. The van der Waals surface area contributed by atoms with Gasteiger partial charge < -0.3 is 28.5 Å². The number of fused-ring (bicyclic) bond motifs is 1. The molecule has 0 aromatic rings. The molecule has 3 rings (SSSR count). The SMILES string of the molecule is CC(C)(C)[Si]1(C(C)(C)C)OC[C@H]2O[C@@]3(CCCO3)[C@H](O)[C@@H](O)[C@@H]2O1. The lowest BCUT2D eigenvalue weighted by atomic mass is 9.91. The Hall–Kier alpha value is -0.0231. The summed E-state index contributed by atoms with van der Waals surface area (Å²) in [5.74, 6) is -1.11. The lowest BCUT2D eigenvalue weighted by Crippen LogP contribution is -2.73. The zero-order valence-corrected chi connectivity index (χ0v) is 16.7. The van der Waals surface area contributed by atoms with Crippen molar-refractivity contribution in [3.05, 3.63) is 0 Å². The third-order valence-electron chi connectivity index (χ3n) is 5.57. The molecule has 3 saturated heterocycles. The molecule has 0 unspecified atom stereocenters. The minimum Gasteiger partial charge on any atom is -0.391 e. The first-order valence-electron chi connectivity index (χ1n) is 8.93. The Balaban J connectivity index is 1.91. The quantitative estimate of drug-likeness (QED) is 0.644. The molecular formula is C17H32O6Si. The van der Waals surface area contributed by atoms with Gasteiger partial charge in [-0.15, -0.1) is 0 Å². The Labute approximate surface area is 145 Å². The van der Waals surface area contributed by atoms with Crippen LogP contribution in [0.5, 0.6) is 0 Å². The fraction of sp³-hybridized carbons (Fsp3) is 1.00. The van der Waals surface area contributed by atoms with Gasteiger partial charge in [0.25, 0.3) is 0 Å². The number of aliphatic hydroxyl groups is 2. The van der Waals surface area contributed by atoms with Crippen LogP contribution in [0.25, 0.3) is 0 Å². The van der Waals surface area contributed by atoms with E-state index < -0.39 is 38.8 Å². The van der Waals surface area contributed by atoms with Crippen molar-refractivity contribution in [2.75, 3.05) is 13.2 Å². The molecule has 0 aromatic carbocycles. The number of ether oxygens (including phenoxy) is 2. The Morgan fingerprint density at radius 1 is 1.04 bits per heavy atom. The van der Waals surface area contributed by atoms with Crippen molar-refractivity contribution in [3.8, 4) is 0 Å². The van der Waals surface area contributed by atoms with Crippen molar-refractivity contribution >= 4 is 8.56 Å². The molecule has 7 heteroatoms. The largest absolute Gasteiger partial charge is 0.391 e. The number of aliphatic hydroxyl groups excluding tert-OH is 2. The van der Waals surface area contributed by atoms with Crippen LogP contribution in [-0.2, 0) is 18.3 Å². The molecule has 0 radical (unpaired) electrons. The summed E-state index contributed by atoms with van der Waals surface area (Å²) >= 11 is 0. The van der Waals surface area contributed by atoms with E-state index in [1.165, 1.54) is 0 Å². The van der Waals surface area contributed by atoms with E-state index in [4.69, 9.17) is 18.3 Å². The van der Waals surface area contributed by atoms with Gasteiger partial charge in [-0.3, -0.25) is 0 Å². The maximum Gasteiger partial charge on any atom is 0.349 e. The average Bonchev–Trinajstić information content (AvgIpc) is 2.92. The smallest absolute Gasteiger partial charge is 0.349 e. The van der Waals surface area contributed by atoms with E-state index in [0.29, 0.717) is 19.6 Å². The van der Waals surface area contributed by atoms with Gasteiger partial charge in [0.1, 0.15) is 24.4 Å². The molecule has 1 spiro atoms. The predicted octanol–water partition coefficient (Wildman–Crippen LogP) is 2.07. The first kappa shape index (κ1) is 18.8. The van der Waals surface area contributed by atoms with E-state index in [9.17, 15) is 10.2 Å². The van der Waals surface area contributed by atoms with Gasteiger partial charge in [-0.05, 0) is 6.42 Å². The maximum absolute atomic E-state index is 10.8. The van der Waals surface area contributed by atoms with Crippen LogP contribution in [0.15, 0.2) is 0 Å². The van der Waals surface area contributed by atoms with E-state index in [-0.39, 0.29) is 10.1 Å². The fourth-order valence-corrected chi connectivity index (χ4v) is 9.59. The monoisotopic (exact) mass is 360 g/mol. The van der Waals surface area contributed by atoms with E-state index >= 15 is 0 Å². The minimum atomic E-state index is -2.71. The van der Waals surface area contributed by atoms with Crippen LogP contribution in [0.2, 0.25) is 10.1 Å². The van der Waals surface area contributed by atoms with Gasteiger partial charge in [-0.25, -0.2) is 0 Å². The maximum atomic E-state index is 10.8. The van der Waals surface area contributed by atoms with Crippen molar-refractivity contribution in [2.45, 2.75) is 94.7 Å². The number of hydrogen-bond donors (Lipinski definition) is 2. The van der Waals surface area contributed by atoms with Gasteiger partial charge in [-0.2, -0.15) is 0 Å². The van der Waals surface area contributed by atoms with Gasteiger partial charge in [0.15, 0.2) is 5.79 Å². The highest BCUT2D eigenvalue weighted by atomic mass is 28.4. The molecule has 6 nitrogen and oxygen atoms in total. The van der Waals surface area contributed by atoms with Crippen LogP contribution in [0.1, 0.15) is 54.4 Å². The number of hydrogen-bond acceptors (Lipinski definition) is 6. The van der Waals surface area contributed by atoms with Crippen LogP contribution in [-0.4, -0.2) is 62.2 Å². The average molecular weight is 361 g/mol. The van der Waals surface area contributed by atoms with Crippen molar-refractivity contribution < 1.29 is 28.5 Å². The van der Waals surface area contributed by atoms with Crippen molar-refractivity contribution in [2.24, 2.45) is 0 Å². The van der Waals surface area contributed by atoms with Crippen LogP contribution in [0.3, 0.4) is 0 Å². The molecule has 0 aromatic heterocycles. The topological polar surface area (TPSA) is 77.4 Å². The Morgan fingerprint density at radius 2 is 1.67 bits per heavy atom. The Bertz CT molecular complexity index is 460. The van der Waals surface area contributed by atoms with Crippen LogP contribution >= 0.6 is 0 Å². The summed E-state index contributed by atoms with van der Waals surface area (Å²) in [5.41, 5.74) is 0. The summed E-state index contributed by atoms with van der Waals surface area (Å²) in [4.78, 5) is 0. The number of rotatable bonds is 0. The second-order valence-electron chi connectivity index (χ2n) is 9.37. The van der Waals surface area contributed by atoms with Crippen molar-refractivity contribution in [1.29, 1.82) is 0 Å². The molecule has 3 aliphatic heterocycles. The summed E-state index contributed by atoms with van der Waals surface area (Å²) < 4.78 is 24.7. The highest BCUT2D eigenvalue weighted by Gasteiger charge is 2.66. The standard InChI is InChI=1S/C17H32O6Si/c1-15(2,3)24(16(4,5)6)21-10-11-13(23-24)12(18)14(19)17(22-11)8-7-9-20-17/h11-14,18-19H,7-10H2,1-6H3/t11-,12+,13-,14-,17+/m1/s1. The van der Waals surface area contributed by atoms with Crippen molar-refractivity contribution in [3.63, 3.8) is 0 Å². The molecule has 0 amide bonds. The summed E-state index contributed by atoms with van der Waals surface area (Å²) in [6.07, 6.45) is -1.77. The van der Waals surface area contributed by atoms with Crippen LogP contribution in [0, 0.1) is 0 Å². The molecule has 2 N–H and O–H groups in total. The van der Waals surface area contributed by atoms with E-state index in [1.807, 2.05) is 0 Å². The molecule has 3 aliphatic rings. The van der Waals surface area contributed by atoms with E-state index in [1.54, 1.807) is 0 Å². The molecule has 3 heterocycles. The molecule has 24 heavy (non-hydrogen) atoms. The zero-order chi connectivity index (χ0) is 18.0. The van der Waals surface area contributed by atoms with Crippen LogP contribution in [0.4, 0.5) is 0 Å². The van der Waals surface area contributed by atoms with E-state index in [0.717, 1.165) is 6.42 Å². The van der Waals surface area contributed by atoms with E-state index in [2.05, 4.69) is 41.5 Å². The summed E-state index contributed by atoms with van der Waals surface area (Å²) in [6, 6.07) is 0. The molecule has 3 fully saturated rings. The van der Waals surface area contributed by atoms with Gasteiger partial charge >= 0.3 is 8.56 Å². The Kier molecular flexibility index (Phi) is 4.49. The third-order valence-corrected chi connectivity index (χ3v) is 10.7. The summed E-state index contributed by atoms with van der Waals surface area (Å²) in [7, 11) is -2.71. The molecule has 140 valence electrons. The normalized spacial score (nSPS) is 43.0. The third kappa shape index (κ3) is 2.60. The zero-order valence-electron chi connectivity index (χ0n) is 15.7. The van der Waals surface area contributed by atoms with Gasteiger partial charge in [0.05, 0.1) is 13.2 Å². The predicted molar refractivity (Wildman–Crippen MR) is 90.8 cm³/mol. The molecule has 0 aliphatic carbocycles. The highest BCUT2D eigenvalue weighted by Crippen LogP contribution is 2.55. The molecular weight excluding hydrogens is 328 g/mol. The van der Waals surface area contributed by atoms with Gasteiger partial charge in [0, 0.05) is 16.5 Å². The summed E-state index contributed by atoms with van der Waals surface area (Å²) in [6.45, 7) is 13.6. The van der Waals surface area contributed by atoms with Crippen molar-refractivity contribution in [1.82, 2.24) is 0 Å². The second-order valence-corrected chi connectivity index (χ2v) is 14.1. The molecule has 0 saturated carbocycles. The first-order chi connectivity index (χ1) is 10.9. The first-order valence-corrected chi connectivity index (χ1v) is 10.7. The minimum absolute atomic E-state index is 0.181. The van der Waals surface area contributed by atoms with Crippen LogP contribution < -0.4 is 0 Å².